The number of thiol groups is 1. The number of rotatable bonds is 6. The molecule has 152 valence electrons. The number of nitrogens with one attached hydrogen (secondary N) is 2. The second-order valence-electron chi connectivity index (χ2n) is 6.77. The Kier molecular flexibility index (Phi) is 5.90. The van der Waals surface area contributed by atoms with E-state index in [-0.39, 0.29) is 37.0 Å². The van der Waals surface area contributed by atoms with Gasteiger partial charge in [0.1, 0.15) is 6.54 Å². The second-order valence-corrected chi connectivity index (χ2v) is 6.99. The maximum absolute atomic E-state index is 12.8. The highest BCUT2D eigenvalue weighted by atomic mass is 32.1. The van der Waals surface area contributed by atoms with Crippen molar-refractivity contribution in [3.8, 4) is 0 Å². The van der Waals surface area contributed by atoms with Crippen LogP contribution in [0, 0.1) is 0 Å². The van der Waals surface area contributed by atoms with E-state index in [0.717, 1.165) is 0 Å². The van der Waals surface area contributed by atoms with Crippen LogP contribution in [0.4, 0.5) is 0 Å². The first kappa shape index (κ1) is 20.8. The van der Waals surface area contributed by atoms with Crippen LogP contribution in [0.3, 0.4) is 0 Å². The number of hydrogen-bond donors (Lipinski definition) is 3. The number of benzene rings is 1. The lowest BCUT2D eigenvalue weighted by atomic mass is 9.95. The second kappa shape index (κ2) is 8.22. The lowest BCUT2D eigenvalue weighted by Crippen LogP contribution is -2.70. The summed E-state index contributed by atoms with van der Waals surface area (Å²) in [5.41, 5.74) is 0.0558. The number of amidine groups is 1. The van der Waals surface area contributed by atoms with E-state index in [1.807, 2.05) is 6.07 Å². The Morgan fingerprint density at radius 2 is 2.07 bits per heavy atom. The first-order chi connectivity index (χ1) is 13.8. The van der Waals surface area contributed by atoms with E-state index in [9.17, 15) is 14.4 Å². The summed E-state index contributed by atoms with van der Waals surface area (Å²) in [6.07, 6.45) is -0.100. The number of allylic oxidation sites excluding steroid dienone is 1. The zero-order valence-electron chi connectivity index (χ0n) is 16.2. The van der Waals surface area contributed by atoms with Crippen molar-refractivity contribution in [1.82, 2.24) is 14.9 Å². The minimum absolute atomic E-state index is 0.00154. The number of carbonyl (C=O) groups is 3. The monoisotopic (exact) mass is 414 g/mol. The van der Waals surface area contributed by atoms with Gasteiger partial charge < -0.3 is 15.0 Å². The largest absolute Gasteiger partial charge is 0.461 e. The Morgan fingerprint density at radius 1 is 1.38 bits per heavy atom. The van der Waals surface area contributed by atoms with E-state index in [4.69, 9.17) is 4.74 Å². The summed E-state index contributed by atoms with van der Waals surface area (Å²) >= 11 is 4.10. The number of hydrogen-bond acceptors (Lipinski definition) is 8. The maximum Gasteiger partial charge on any atom is 0.357 e. The molecule has 3 rings (SSSR count). The van der Waals surface area contributed by atoms with Gasteiger partial charge in [-0.05, 0) is 13.8 Å². The van der Waals surface area contributed by atoms with Crippen molar-refractivity contribution in [1.29, 1.82) is 0 Å². The molecule has 1 aromatic rings. The molecule has 0 radical (unpaired) electrons. The highest BCUT2D eigenvalue weighted by molar-refractivity contribution is 7.78. The normalized spacial score (nSPS) is 21.3. The van der Waals surface area contributed by atoms with Crippen LogP contribution >= 0.6 is 12.8 Å². The van der Waals surface area contributed by atoms with Crippen molar-refractivity contribution in [3.05, 3.63) is 59.4 Å². The summed E-state index contributed by atoms with van der Waals surface area (Å²) < 4.78 is 7.86. The molecule has 1 atom stereocenters. The van der Waals surface area contributed by atoms with E-state index in [2.05, 4.69) is 34.4 Å². The molecule has 2 heterocycles. The molecule has 0 saturated carbocycles. The van der Waals surface area contributed by atoms with Crippen LogP contribution in [0.2, 0.25) is 0 Å². The molecule has 0 aliphatic carbocycles. The molecule has 0 aromatic heterocycles. The Hall–Kier alpha value is -2.91. The van der Waals surface area contributed by atoms with Gasteiger partial charge in [-0.3, -0.25) is 9.59 Å². The van der Waals surface area contributed by atoms with Gasteiger partial charge in [-0.25, -0.2) is 14.5 Å². The third-order valence-electron chi connectivity index (χ3n) is 4.70. The number of amides is 1. The van der Waals surface area contributed by atoms with Gasteiger partial charge in [-0.1, -0.05) is 49.7 Å². The first-order valence-electron chi connectivity index (χ1n) is 9.07. The zero-order chi connectivity index (χ0) is 21.2. The minimum atomic E-state index is -1.13. The standard InChI is InChI=1S/C20H22N4O4S/c1-4-28-18(27)17-14(10-15(25)13-8-6-5-7-9-13)12(2)24-11-16(26)22-20(3,23-29)19(24)21-17/h5-9,23,29H,2,4,10-11H2,1,3H3,(H,22,26). The van der Waals surface area contributed by atoms with E-state index in [1.165, 1.54) is 0 Å². The summed E-state index contributed by atoms with van der Waals surface area (Å²) in [5, 5.41) is 2.75. The van der Waals surface area contributed by atoms with Crippen molar-refractivity contribution in [2.75, 3.05) is 13.2 Å². The highest BCUT2D eigenvalue weighted by Gasteiger charge is 2.45. The van der Waals surface area contributed by atoms with Gasteiger partial charge in [-0.2, -0.15) is 0 Å². The smallest absolute Gasteiger partial charge is 0.357 e. The third-order valence-corrected chi connectivity index (χ3v) is 5.14. The van der Waals surface area contributed by atoms with Crippen LogP contribution < -0.4 is 10.0 Å². The molecule has 0 spiro atoms. The van der Waals surface area contributed by atoms with Crippen molar-refractivity contribution in [2.24, 2.45) is 4.99 Å². The van der Waals surface area contributed by atoms with E-state index >= 15 is 0 Å². The number of ketones is 1. The van der Waals surface area contributed by atoms with Gasteiger partial charge in [0.05, 0.1) is 6.61 Å². The fourth-order valence-electron chi connectivity index (χ4n) is 3.25. The van der Waals surface area contributed by atoms with Gasteiger partial charge in [0.2, 0.25) is 5.91 Å². The predicted molar refractivity (Wildman–Crippen MR) is 111 cm³/mol. The Labute approximate surface area is 174 Å². The molecule has 2 aliphatic rings. The van der Waals surface area contributed by atoms with Gasteiger partial charge >= 0.3 is 5.97 Å². The Balaban J connectivity index is 2.09. The van der Waals surface area contributed by atoms with Crippen LogP contribution in [-0.2, 0) is 14.3 Å². The molecule has 1 fully saturated rings. The summed E-state index contributed by atoms with van der Waals surface area (Å²) in [5.74, 6) is -0.785. The minimum Gasteiger partial charge on any atom is -0.461 e. The van der Waals surface area contributed by atoms with Crippen molar-refractivity contribution in [2.45, 2.75) is 25.9 Å². The van der Waals surface area contributed by atoms with Crippen LogP contribution in [0.15, 0.2) is 58.9 Å². The number of carbonyl (C=O) groups excluding carboxylic acids is 3. The zero-order valence-corrected chi connectivity index (χ0v) is 17.1. The number of nitrogens with zero attached hydrogens (tertiary/aromatic N) is 2. The van der Waals surface area contributed by atoms with Gasteiger partial charge in [0.25, 0.3) is 0 Å². The van der Waals surface area contributed by atoms with Crippen LogP contribution in [0.1, 0.15) is 30.6 Å². The predicted octanol–water partition coefficient (Wildman–Crippen LogP) is 1.58. The number of ether oxygens (including phenoxy) is 1. The molecule has 2 N–H and O–H groups in total. The molecule has 1 saturated heterocycles. The van der Waals surface area contributed by atoms with E-state index in [0.29, 0.717) is 22.7 Å². The molecule has 0 bridgehead atoms. The molecular formula is C20H22N4O4S. The summed E-state index contributed by atoms with van der Waals surface area (Å²) in [7, 11) is 0. The topological polar surface area (TPSA) is 100 Å². The summed E-state index contributed by atoms with van der Waals surface area (Å²) in [6.45, 7) is 7.51. The molecule has 1 amide bonds. The van der Waals surface area contributed by atoms with E-state index in [1.54, 1.807) is 43.0 Å². The van der Waals surface area contributed by atoms with Gasteiger partial charge in [0, 0.05) is 23.3 Å². The van der Waals surface area contributed by atoms with Crippen molar-refractivity contribution < 1.29 is 19.1 Å². The fourth-order valence-corrected chi connectivity index (χ4v) is 3.41. The number of esters is 1. The van der Waals surface area contributed by atoms with Gasteiger partial charge in [0.15, 0.2) is 23.0 Å². The number of aliphatic imine (C=N–C) groups is 1. The molecule has 9 heteroatoms. The molecule has 1 aromatic carbocycles. The van der Waals surface area contributed by atoms with Crippen LogP contribution in [-0.4, -0.2) is 47.2 Å². The average Bonchev–Trinajstić information content (AvgIpc) is 2.71. The SMILES string of the molecule is C=C1C(CC(=O)c2ccccc2)=C(C(=O)OCC)N=C2N1CC(=O)NC2(C)NS. The quantitative estimate of drug-likeness (QED) is 0.371. The van der Waals surface area contributed by atoms with Gasteiger partial charge in [-0.15, -0.1) is 0 Å². The fraction of sp³-hybridized carbons (Fsp3) is 0.300. The molecule has 29 heavy (non-hydrogen) atoms. The lowest BCUT2D eigenvalue weighted by Gasteiger charge is -2.45. The van der Waals surface area contributed by atoms with Crippen LogP contribution in [0.5, 0.6) is 0 Å². The lowest BCUT2D eigenvalue weighted by molar-refractivity contribution is -0.138. The third kappa shape index (κ3) is 3.96. The first-order valence-corrected chi connectivity index (χ1v) is 9.52. The van der Waals surface area contributed by atoms with E-state index < -0.39 is 11.6 Å². The molecule has 1 unspecified atom stereocenters. The van der Waals surface area contributed by atoms with Crippen molar-refractivity contribution in [3.63, 3.8) is 0 Å². The van der Waals surface area contributed by atoms with Crippen molar-refractivity contribution >= 4 is 36.3 Å². The Morgan fingerprint density at radius 3 is 2.69 bits per heavy atom. The number of piperazine rings is 1. The highest BCUT2D eigenvalue weighted by Crippen LogP contribution is 2.33. The molecule has 8 nitrogen and oxygen atoms in total. The summed E-state index contributed by atoms with van der Waals surface area (Å²) in [4.78, 5) is 43.7. The average molecular weight is 414 g/mol. The van der Waals surface area contributed by atoms with Crippen LogP contribution in [0.25, 0.3) is 0 Å². The maximum atomic E-state index is 12.8. The molecular weight excluding hydrogens is 392 g/mol. The number of fused-ring (bicyclic) bond motifs is 1. The number of Topliss-reactive ketones (excluding diaryl/α,β-unsaturated/α-hetero) is 1. The summed E-state index contributed by atoms with van der Waals surface area (Å²) in [6, 6.07) is 8.73. The molecule has 2 aliphatic heterocycles. The Bertz CT molecular complexity index is 941.